The monoisotopic (exact) mass is 190 g/mol. The lowest BCUT2D eigenvalue weighted by Gasteiger charge is -2.28. The summed E-state index contributed by atoms with van der Waals surface area (Å²) >= 11 is 0. The number of aliphatic hydroxyl groups is 3. The van der Waals surface area contributed by atoms with Crippen molar-refractivity contribution in [2.45, 2.75) is 45.8 Å². The van der Waals surface area contributed by atoms with E-state index in [1.54, 1.807) is 0 Å². The molecule has 13 heavy (non-hydrogen) atoms. The van der Waals surface area contributed by atoms with Crippen molar-refractivity contribution in [1.82, 2.24) is 0 Å². The Bertz CT molecular complexity index is 125. The van der Waals surface area contributed by atoms with E-state index in [0.29, 0.717) is 12.8 Å². The van der Waals surface area contributed by atoms with E-state index in [9.17, 15) is 10.2 Å². The third-order valence-electron chi connectivity index (χ3n) is 2.57. The van der Waals surface area contributed by atoms with Gasteiger partial charge in [0.15, 0.2) is 0 Å². The minimum Gasteiger partial charge on any atom is -0.396 e. The maximum absolute atomic E-state index is 9.72. The molecule has 0 aromatic carbocycles. The van der Waals surface area contributed by atoms with Crippen LogP contribution in [0.25, 0.3) is 0 Å². The van der Waals surface area contributed by atoms with Crippen LogP contribution >= 0.6 is 0 Å². The molecule has 0 fully saturated rings. The summed E-state index contributed by atoms with van der Waals surface area (Å²) in [5.74, 6) is 0.267. The van der Waals surface area contributed by atoms with E-state index in [2.05, 4.69) is 0 Å². The Hall–Kier alpha value is -0.120. The van der Waals surface area contributed by atoms with Crippen LogP contribution in [0, 0.1) is 11.8 Å². The first kappa shape index (κ1) is 12.9. The Kier molecular flexibility index (Phi) is 6.29. The van der Waals surface area contributed by atoms with Crippen molar-refractivity contribution in [1.29, 1.82) is 0 Å². The molecule has 0 aliphatic rings. The van der Waals surface area contributed by atoms with Crippen molar-refractivity contribution < 1.29 is 15.3 Å². The Balaban J connectivity index is 4.18. The molecule has 3 heteroatoms. The third-order valence-corrected chi connectivity index (χ3v) is 2.57. The second-order valence-electron chi connectivity index (χ2n) is 3.89. The van der Waals surface area contributed by atoms with E-state index >= 15 is 0 Å². The standard InChI is InChI=1S/C10H22O3/c1-4-9(12)10(13)8(5-6-11)7(2)3/h7-13H,4-6H2,1-3H3. The lowest BCUT2D eigenvalue weighted by Crippen LogP contribution is -2.36. The lowest BCUT2D eigenvalue weighted by molar-refractivity contribution is -0.0376. The van der Waals surface area contributed by atoms with Crippen molar-refractivity contribution in [3.63, 3.8) is 0 Å². The van der Waals surface area contributed by atoms with Crippen LogP contribution in [0.15, 0.2) is 0 Å². The second-order valence-corrected chi connectivity index (χ2v) is 3.89. The summed E-state index contributed by atoms with van der Waals surface area (Å²) in [6, 6.07) is 0. The summed E-state index contributed by atoms with van der Waals surface area (Å²) in [6.07, 6.45) is -0.276. The van der Waals surface area contributed by atoms with Crippen LogP contribution in [0.3, 0.4) is 0 Å². The van der Waals surface area contributed by atoms with E-state index in [1.165, 1.54) is 0 Å². The summed E-state index contributed by atoms with van der Waals surface area (Å²) in [7, 11) is 0. The first-order valence-corrected chi connectivity index (χ1v) is 5.01. The zero-order valence-corrected chi connectivity index (χ0v) is 8.77. The molecule has 3 atom stereocenters. The van der Waals surface area contributed by atoms with E-state index in [4.69, 9.17) is 5.11 Å². The highest BCUT2D eigenvalue weighted by Crippen LogP contribution is 2.22. The van der Waals surface area contributed by atoms with Gasteiger partial charge in [-0.15, -0.1) is 0 Å². The normalized spacial score (nSPS) is 18.7. The highest BCUT2D eigenvalue weighted by molar-refractivity contribution is 4.77. The van der Waals surface area contributed by atoms with Crippen molar-refractivity contribution in [2.24, 2.45) is 11.8 Å². The van der Waals surface area contributed by atoms with Gasteiger partial charge in [0.05, 0.1) is 12.2 Å². The fourth-order valence-electron chi connectivity index (χ4n) is 1.57. The highest BCUT2D eigenvalue weighted by Gasteiger charge is 2.26. The number of hydrogen-bond acceptors (Lipinski definition) is 3. The van der Waals surface area contributed by atoms with Gasteiger partial charge in [-0.1, -0.05) is 20.8 Å². The topological polar surface area (TPSA) is 60.7 Å². The summed E-state index contributed by atoms with van der Waals surface area (Å²) in [6.45, 7) is 5.89. The van der Waals surface area contributed by atoms with Gasteiger partial charge >= 0.3 is 0 Å². The molecule has 0 amide bonds. The van der Waals surface area contributed by atoms with Crippen molar-refractivity contribution in [3.05, 3.63) is 0 Å². The molecule has 0 spiro atoms. The maximum Gasteiger partial charge on any atom is 0.0830 e. The Morgan fingerprint density at radius 2 is 1.69 bits per heavy atom. The molecule has 3 nitrogen and oxygen atoms in total. The predicted molar refractivity (Wildman–Crippen MR) is 52.3 cm³/mol. The van der Waals surface area contributed by atoms with Crippen LogP contribution < -0.4 is 0 Å². The molecule has 0 saturated heterocycles. The van der Waals surface area contributed by atoms with Gasteiger partial charge in [0.1, 0.15) is 0 Å². The minimum atomic E-state index is -0.711. The molecular formula is C10H22O3. The van der Waals surface area contributed by atoms with Crippen LogP contribution in [0.5, 0.6) is 0 Å². The Morgan fingerprint density at radius 1 is 1.15 bits per heavy atom. The van der Waals surface area contributed by atoms with E-state index < -0.39 is 12.2 Å². The third kappa shape index (κ3) is 4.07. The van der Waals surface area contributed by atoms with Gasteiger partial charge in [0.25, 0.3) is 0 Å². The van der Waals surface area contributed by atoms with Gasteiger partial charge in [0, 0.05) is 6.61 Å². The van der Waals surface area contributed by atoms with Gasteiger partial charge in [-0.2, -0.15) is 0 Å². The van der Waals surface area contributed by atoms with Gasteiger partial charge in [-0.3, -0.25) is 0 Å². The first-order valence-electron chi connectivity index (χ1n) is 5.01. The van der Waals surface area contributed by atoms with Gasteiger partial charge < -0.3 is 15.3 Å². The number of aliphatic hydroxyl groups excluding tert-OH is 3. The molecular weight excluding hydrogens is 168 g/mol. The largest absolute Gasteiger partial charge is 0.396 e. The maximum atomic E-state index is 9.72. The molecule has 0 aromatic heterocycles. The van der Waals surface area contributed by atoms with E-state index in [1.807, 2.05) is 20.8 Å². The Labute approximate surface area is 80.4 Å². The van der Waals surface area contributed by atoms with Crippen LogP contribution in [0.2, 0.25) is 0 Å². The molecule has 3 unspecified atom stereocenters. The quantitative estimate of drug-likeness (QED) is 0.580. The van der Waals surface area contributed by atoms with Crippen molar-refractivity contribution in [2.75, 3.05) is 6.61 Å². The summed E-state index contributed by atoms with van der Waals surface area (Å²) in [5, 5.41) is 28.0. The SMILES string of the molecule is CCC(O)C(O)C(CCO)C(C)C. The van der Waals surface area contributed by atoms with Crippen LogP contribution in [-0.2, 0) is 0 Å². The predicted octanol–water partition coefficient (Wildman–Crippen LogP) is 0.773. The van der Waals surface area contributed by atoms with Crippen LogP contribution in [-0.4, -0.2) is 34.1 Å². The van der Waals surface area contributed by atoms with Crippen LogP contribution in [0.1, 0.15) is 33.6 Å². The molecule has 0 rings (SSSR count). The molecule has 80 valence electrons. The lowest BCUT2D eigenvalue weighted by atomic mass is 9.84. The zero-order valence-electron chi connectivity index (χ0n) is 8.77. The molecule has 0 aromatic rings. The zero-order chi connectivity index (χ0) is 10.4. The van der Waals surface area contributed by atoms with E-state index in [0.717, 1.165) is 0 Å². The molecule has 0 aliphatic heterocycles. The van der Waals surface area contributed by atoms with Crippen molar-refractivity contribution >= 4 is 0 Å². The molecule has 0 bridgehead atoms. The van der Waals surface area contributed by atoms with E-state index in [-0.39, 0.29) is 18.4 Å². The van der Waals surface area contributed by atoms with Gasteiger partial charge in [-0.25, -0.2) is 0 Å². The minimum absolute atomic E-state index is 0.0139. The number of rotatable bonds is 6. The van der Waals surface area contributed by atoms with Crippen molar-refractivity contribution in [3.8, 4) is 0 Å². The summed E-state index contributed by atoms with van der Waals surface area (Å²) in [5.41, 5.74) is 0. The fourth-order valence-corrected chi connectivity index (χ4v) is 1.57. The molecule has 0 radical (unpaired) electrons. The van der Waals surface area contributed by atoms with Gasteiger partial charge in [0.2, 0.25) is 0 Å². The number of hydrogen-bond donors (Lipinski definition) is 3. The summed E-state index contributed by atoms with van der Waals surface area (Å²) in [4.78, 5) is 0. The Morgan fingerprint density at radius 3 is 2.00 bits per heavy atom. The fraction of sp³-hybridized carbons (Fsp3) is 1.00. The summed E-state index contributed by atoms with van der Waals surface area (Å²) < 4.78 is 0. The molecule has 0 aliphatic carbocycles. The smallest absolute Gasteiger partial charge is 0.0830 e. The molecule has 3 N–H and O–H groups in total. The van der Waals surface area contributed by atoms with Gasteiger partial charge in [-0.05, 0) is 24.7 Å². The molecule has 0 heterocycles. The average molecular weight is 190 g/mol. The highest BCUT2D eigenvalue weighted by atomic mass is 16.3. The average Bonchev–Trinajstić information content (AvgIpc) is 2.11. The molecule has 0 saturated carbocycles. The van der Waals surface area contributed by atoms with Crippen LogP contribution in [0.4, 0.5) is 0 Å². The second kappa shape index (κ2) is 6.35. The first-order chi connectivity index (χ1) is 6.04.